The van der Waals surface area contributed by atoms with Crippen molar-refractivity contribution >= 4 is 10.0 Å². The molecule has 1 rings (SSSR count). The van der Waals surface area contributed by atoms with E-state index in [0.29, 0.717) is 13.0 Å². The lowest BCUT2D eigenvalue weighted by molar-refractivity contribution is 0.287. The quantitative estimate of drug-likeness (QED) is 0.812. The fraction of sp³-hybridized carbons (Fsp3) is 0.625. The summed E-state index contributed by atoms with van der Waals surface area (Å²) in [4.78, 5) is 0. The fourth-order valence-electron chi connectivity index (χ4n) is 2.31. The summed E-state index contributed by atoms with van der Waals surface area (Å²) in [5, 5.41) is 0. The molecule has 0 heterocycles. The highest BCUT2D eigenvalue weighted by Gasteiger charge is 2.29. The number of nitrogens with two attached hydrogens (primary N) is 1. The van der Waals surface area contributed by atoms with E-state index in [2.05, 4.69) is 4.72 Å². The molecule has 0 bridgehead atoms. The molecule has 0 aliphatic heterocycles. The Hall–Kier alpha value is -0.910. The van der Waals surface area contributed by atoms with E-state index in [1.165, 1.54) is 0 Å². The second kappa shape index (κ2) is 7.38. The summed E-state index contributed by atoms with van der Waals surface area (Å²) in [5.74, 6) is 0.0518. The molecule has 2 atom stereocenters. The summed E-state index contributed by atoms with van der Waals surface area (Å²) in [6.45, 7) is 8.48. The lowest BCUT2D eigenvalue weighted by atomic mass is 9.85. The molecule has 1 aromatic carbocycles. The molecule has 120 valence electrons. The molecular formula is C16H28N2O2S. The normalized spacial score (nSPS) is 15.7. The first-order valence-electron chi connectivity index (χ1n) is 7.40. The van der Waals surface area contributed by atoms with Crippen LogP contribution >= 0.6 is 0 Å². The van der Waals surface area contributed by atoms with Crippen LogP contribution in [0.1, 0.15) is 45.6 Å². The second-order valence-electron chi connectivity index (χ2n) is 6.71. The van der Waals surface area contributed by atoms with E-state index in [1.54, 1.807) is 0 Å². The third kappa shape index (κ3) is 6.16. The summed E-state index contributed by atoms with van der Waals surface area (Å²) >= 11 is 0. The first-order valence-corrected chi connectivity index (χ1v) is 9.06. The molecule has 5 heteroatoms. The van der Waals surface area contributed by atoms with Crippen LogP contribution in [0.4, 0.5) is 0 Å². The molecule has 2 unspecified atom stereocenters. The average molecular weight is 312 g/mol. The van der Waals surface area contributed by atoms with Gasteiger partial charge in [0.15, 0.2) is 0 Å². The zero-order valence-electron chi connectivity index (χ0n) is 13.5. The topological polar surface area (TPSA) is 72.2 Å². The second-order valence-corrected chi connectivity index (χ2v) is 8.51. The number of benzene rings is 1. The lowest BCUT2D eigenvalue weighted by Crippen LogP contribution is -2.46. The Morgan fingerprint density at radius 1 is 1.19 bits per heavy atom. The van der Waals surface area contributed by atoms with Gasteiger partial charge in [-0.3, -0.25) is 0 Å². The largest absolute Gasteiger partial charge is 0.330 e. The summed E-state index contributed by atoms with van der Waals surface area (Å²) in [7, 11) is -3.34. The third-order valence-corrected chi connectivity index (χ3v) is 5.24. The van der Waals surface area contributed by atoms with Gasteiger partial charge in [0.25, 0.3) is 0 Å². The Kier molecular flexibility index (Phi) is 6.38. The van der Waals surface area contributed by atoms with Gasteiger partial charge in [-0.05, 0) is 29.9 Å². The Labute approximate surface area is 129 Å². The van der Waals surface area contributed by atoms with Crippen molar-refractivity contribution < 1.29 is 8.42 Å². The Morgan fingerprint density at radius 3 is 2.24 bits per heavy atom. The van der Waals surface area contributed by atoms with Crippen LogP contribution in [0.25, 0.3) is 0 Å². The molecule has 0 fully saturated rings. The van der Waals surface area contributed by atoms with Crippen LogP contribution in [0.5, 0.6) is 0 Å². The van der Waals surface area contributed by atoms with Gasteiger partial charge in [-0.1, -0.05) is 58.0 Å². The maximum atomic E-state index is 12.4. The van der Waals surface area contributed by atoms with E-state index in [4.69, 9.17) is 5.73 Å². The average Bonchev–Trinajstić information content (AvgIpc) is 2.37. The maximum Gasteiger partial charge on any atom is 0.212 e. The molecule has 0 saturated carbocycles. The van der Waals surface area contributed by atoms with E-state index in [-0.39, 0.29) is 23.1 Å². The minimum atomic E-state index is -3.34. The highest BCUT2D eigenvalue weighted by atomic mass is 32.2. The standard InChI is InChI=1S/C16H28N2O2S/c1-13(14-8-6-5-7-9-14)12-21(19,20)18-15(10-11-17)16(2,3)4/h5-9,13,15,18H,10-12,17H2,1-4H3. The van der Waals surface area contributed by atoms with Gasteiger partial charge in [-0.15, -0.1) is 0 Å². The maximum absolute atomic E-state index is 12.4. The molecule has 0 radical (unpaired) electrons. The first-order chi connectivity index (χ1) is 9.65. The molecule has 1 aromatic rings. The monoisotopic (exact) mass is 312 g/mol. The van der Waals surface area contributed by atoms with Crippen LogP contribution in [-0.2, 0) is 10.0 Å². The lowest BCUT2D eigenvalue weighted by Gasteiger charge is -2.31. The summed E-state index contributed by atoms with van der Waals surface area (Å²) in [6, 6.07) is 9.56. The van der Waals surface area contributed by atoms with Gasteiger partial charge in [0.1, 0.15) is 0 Å². The summed E-state index contributed by atoms with van der Waals surface area (Å²) in [6.07, 6.45) is 0.641. The molecule has 0 amide bonds. The van der Waals surface area contributed by atoms with Gasteiger partial charge in [-0.25, -0.2) is 13.1 Å². The third-order valence-electron chi connectivity index (χ3n) is 3.66. The van der Waals surface area contributed by atoms with Crippen LogP contribution in [0.3, 0.4) is 0 Å². The molecule has 21 heavy (non-hydrogen) atoms. The molecule has 0 aliphatic rings. The number of sulfonamides is 1. The molecule has 0 aliphatic carbocycles. The van der Waals surface area contributed by atoms with Gasteiger partial charge < -0.3 is 5.73 Å². The highest BCUT2D eigenvalue weighted by molar-refractivity contribution is 7.89. The number of rotatable bonds is 7. The van der Waals surface area contributed by atoms with Gasteiger partial charge in [-0.2, -0.15) is 0 Å². The van der Waals surface area contributed by atoms with Gasteiger partial charge >= 0.3 is 0 Å². The summed E-state index contributed by atoms with van der Waals surface area (Å²) in [5.41, 5.74) is 6.49. The molecule has 0 aromatic heterocycles. The van der Waals surface area contributed by atoms with Crippen LogP contribution in [-0.4, -0.2) is 26.8 Å². The van der Waals surface area contributed by atoms with E-state index in [1.807, 2.05) is 58.0 Å². The predicted molar refractivity (Wildman–Crippen MR) is 88.7 cm³/mol. The minimum Gasteiger partial charge on any atom is -0.330 e. The summed E-state index contributed by atoms with van der Waals surface area (Å²) < 4.78 is 27.6. The number of hydrogen-bond acceptors (Lipinski definition) is 3. The first kappa shape index (κ1) is 18.1. The number of hydrogen-bond donors (Lipinski definition) is 2. The van der Waals surface area contributed by atoms with Crippen LogP contribution in [0.2, 0.25) is 0 Å². The minimum absolute atomic E-state index is 0.0396. The van der Waals surface area contributed by atoms with Crippen molar-refractivity contribution in [1.82, 2.24) is 4.72 Å². The number of nitrogens with one attached hydrogen (secondary N) is 1. The van der Waals surface area contributed by atoms with Gasteiger partial charge in [0, 0.05) is 6.04 Å². The zero-order chi connectivity index (χ0) is 16.1. The highest BCUT2D eigenvalue weighted by Crippen LogP contribution is 2.23. The van der Waals surface area contributed by atoms with Crippen molar-refractivity contribution in [2.45, 2.75) is 46.1 Å². The van der Waals surface area contributed by atoms with Crippen molar-refractivity contribution in [3.63, 3.8) is 0 Å². The van der Waals surface area contributed by atoms with E-state index in [0.717, 1.165) is 5.56 Å². The fourth-order valence-corrected chi connectivity index (χ4v) is 4.16. The SMILES string of the molecule is CC(CS(=O)(=O)NC(CCN)C(C)(C)C)c1ccccc1. The van der Waals surface area contributed by atoms with Crippen LogP contribution in [0, 0.1) is 5.41 Å². The Morgan fingerprint density at radius 2 is 1.76 bits per heavy atom. The van der Waals surface area contributed by atoms with E-state index < -0.39 is 10.0 Å². The van der Waals surface area contributed by atoms with Crippen molar-refractivity contribution in [1.29, 1.82) is 0 Å². The predicted octanol–water partition coefficient (Wildman–Crippen LogP) is 2.47. The molecular weight excluding hydrogens is 284 g/mol. The van der Waals surface area contributed by atoms with E-state index in [9.17, 15) is 8.42 Å². The van der Waals surface area contributed by atoms with Gasteiger partial charge in [0.05, 0.1) is 5.75 Å². The van der Waals surface area contributed by atoms with Crippen LogP contribution < -0.4 is 10.5 Å². The molecule has 0 spiro atoms. The van der Waals surface area contributed by atoms with Gasteiger partial charge in [0.2, 0.25) is 10.0 Å². The van der Waals surface area contributed by atoms with Crippen molar-refractivity contribution in [3.05, 3.63) is 35.9 Å². The smallest absolute Gasteiger partial charge is 0.212 e. The van der Waals surface area contributed by atoms with Crippen molar-refractivity contribution in [2.24, 2.45) is 11.1 Å². The van der Waals surface area contributed by atoms with Crippen LogP contribution in [0.15, 0.2) is 30.3 Å². The zero-order valence-corrected chi connectivity index (χ0v) is 14.3. The molecule has 3 N–H and O–H groups in total. The van der Waals surface area contributed by atoms with Crippen molar-refractivity contribution in [3.8, 4) is 0 Å². The molecule has 0 saturated heterocycles. The van der Waals surface area contributed by atoms with Crippen molar-refractivity contribution in [2.75, 3.05) is 12.3 Å². The molecule has 4 nitrogen and oxygen atoms in total. The Balaban J connectivity index is 2.77. The van der Waals surface area contributed by atoms with E-state index >= 15 is 0 Å². The Bertz CT molecular complexity index is 521.